The summed E-state index contributed by atoms with van der Waals surface area (Å²) in [6, 6.07) is 13.1. The van der Waals surface area contributed by atoms with Crippen LogP contribution in [0.1, 0.15) is 112 Å². The van der Waals surface area contributed by atoms with Crippen LogP contribution < -0.4 is 10.1 Å². The molecule has 1 atom stereocenters. The van der Waals surface area contributed by atoms with Crippen molar-refractivity contribution in [3.05, 3.63) is 104 Å². The molecule has 0 aromatic heterocycles. The molecule has 10 rings (SSSR count). The normalized spacial score (nSPS) is 25.9. The maximum Gasteiger partial charge on any atom is 0.262 e. The predicted octanol–water partition coefficient (Wildman–Crippen LogP) is 6.00. The minimum atomic E-state index is -0.978. The van der Waals surface area contributed by atoms with E-state index in [1.165, 1.54) is 0 Å². The maximum absolute atomic E-state index is 13.9. The van der Waals surface area contributed by atoms with Crippen LogP contribution >= 0.6 is 11.6 Å². The zero-order chi connectivity index (χ0) is 42.2. The van der Waals surface area contributed by atoms with Gasteiger partial charge in [-0.15, -0.1) is 0 Å². The summed E-state index contributed by atoms with van der Waals surface area (Å²) in [5.41, 5.74) is 4.47. The van der Waals surface area contributed by atoms with Gasteiger partial charge in [0.15, 0.2) is 0 Å². The minimum Gasteiger partial charge on any atom is -0.489 e. The molecule has 308 valence electrons. The molecule has 2 saturated heterocycles. The first-order valence-electron chi connectivity index (χ1n) is 20.6. The zero-order valence-corrected chi connectivity index (χ0v) is 34.7. The fourth-order valence-electron chi connectivity index (χ4n) is 12.3. The first kappa shape index (κ1) is 38.6. The number of carbonyl (C=O) groups excluding carboxylic acids is 6. The van der Waals surface area contributed by atoms with Gasteiger partial charge in [-0.05, 0) is 84.3 Å². The molecular formula is C46H45ClN6O7. The Morgan fingerprint density at radius 2 is 1.52 bits per heavy atom. The Bertz CT molecular complexity index is 2470. The molecule has 4 fully saturated rings. The number of likely N-dealkylation sites (tertiary alicyclic amines) is 1. The standard InChI is InChI=1S/C46H45ClN6O7/c1-44(2)42(45(3,4)43(44)60-29-7-9-34(48-5)33(47)15-29)52-21-28-12-25(6-8-30(28)39(52)57)38(56)51-22-46(23-51)16-24(17-46)18-50-19-26-13-31-32(14-27(26)20-50)41(59)53(40(31)58)35-10-11-36(54)49-37(35)55/h6-9,12-15,24,35,42-43H,10-11,16-23H2,1-4H3,(H,49,54,55). The van der Waals surface area contributed by atoms with Gasteiger partial charge in [0.2, 0.25) is 17.5 Å². The van der Waals surface area contributed by atoms with E-state index in [-0.39, 0.29) is 53.0 Å². The van der Waals surface area contributed by atoms with Crippen molar-refractivity contribution in [3.63, 3.8) is 0 Å². The van der Waals surface area contributed by atoms with E-state index < -0.39 is 29.7 Å². The SMILES string of the molecule is [C-]#[N+]c1ccc(OC2C(C)(C)C(N3Cc4cc(C(=O)N5CC6(CC(CN7Cc8cc9c(cc8C7)C(=O)N(C7CCC(=O)NC7=O)C9=O)C6)C5)ccc4C3=O)C2(C)C)cc1Cl. The number of piperidine rings is 1. The minimum absolute atomic E-state index is 0.0123. The lowest BCUT2D eigenvalue weighted by molar-refractivity contribution is -0.199. The van der Waals surface area contributed by atoms with Crippen LogP contribution in [0, 0.1) is 28.7 Å². The van der Waals surface area contributed by atoms with Crippen molar-refractivity contribution < 1.29 is 33.5 Å². The van der Waals surface area contributed by atoms with Crippen LogP contribution in [0.2, 0.25) is 5.02 Å². The van der Waals surface area contributed by atoms with Crippen LogP contribution in [-0.4, -0.2) is 92.9 Å². The third kappa shape index (κ3) is 5.74. The average Bonchev–Trinajstić information content (AvgIpc) is 3.79. The second-order valence-corrected chi connectivity index (χ2v) is 19.7. The average molecular weight is 829 g/mol. The summed E-state index contributed by atoms with van der Waals surface area (Å²) in [6.45, 7) is 19.8. The van der Waals surface area contributed by atoms with E-state index in [1.54, 1.807) is 42.5 Å². The number of benzene rings is 3. The Balaban J connectivity index is 0.724. The number of nitrogens with one attached hydrogen (secondary N) is 1. The zero-order valence-electron chi connectivity index (χ0n) is 34.0. The van der Waals surface area contributed by atoms with E-state index in [2.05, 4.69) is 42.8 Å². The molecule has 0 bridgehead atoms. The van der Waals surface area contributed by atoms with E-state index in [1.807, 2.05) is 15.9 Å². The van der Waals surface area contributed by atoms with Gasteiger partial charge in [0.05, 0.1) is 22.7 Å². The van der Waals surface area contributed by atoms with E-state index >= 15 is 0 Å². The Morgan fingerprint density at radius 3 is 2.13 bits per heavy atom. The molecule has 1 N–H and O–H groups in total. The van der Waals surface area contributed by atoms with Gasteiger partial charge in [-0.3, -0.25) is 43.9 Å². The molecule has 6 amide bonds. The number of amides is 6. The third-order valence-electron chi connectivity index (χ3n) is 14.4. The molecule has 0 radical (unpaired) electrons. The molecule has 60 heavy (non-hydrogen) atoms. The largest absolute Gasteiger partial charge is 0.489 e. The molecule has 13 nitrogen and oxygen atoms in total. The molecule has 5 aliphatic heterocycles. The number of nitrogens with zero attached hydrogens (tertiary/aromatic N) is 5. The van der Waals surface area contributed by atoms with Crippen molar-refractivity contribution >= 4 is 52.7 Å². The lowest BCUT2D eigenvalue weighted by Gasteiger charge is -2.65. The Hall–Kier alpha value is -5.58. The number of hydrogen-bond acceptors (Lipinski definition) is 8. The number of ether oxygens (including phenoxy) is 1. The number of imide groups is 2. The van der Waals surface area contributed by atoms with E-state index in [0.717, 1.165) is 41.0 Å². The summed E-state index contributed by atoms with van der Waals surface area (Å²) in [5, 5.41) is 2.58. The number of carbonyl (C=O) groups is 6. The second kappa shape index (κ2) is 13.2. The highest BCUT2D eigenvalue weighted by Crippen LogP contribution is 2.59. The summed E-state index contributed by atoms with van der Waals surface area (Å²) < 4.78 is 6.47. The lowest BCUT2D eigenvalue weighted by Crippen LogP contribution is -2.74. The molecule has 5 heterocycles. The lowest BCUT2D eigenvalue weighted by atomic mass is 9.49. The summed E-state index contributed by atoms with van der Waals surface area (Å²) in [7, 11) is 0. The van der Waals surface area contributed by atoms with Crippen LogP contribution in [0.15, 0.2) is 48.5 Å². The van der Waals surface area contributed by atoms with Gasteiger partial charge in [0.25, 0.3) is 23.6 Å². The highest BCUT2D eigenvalue weighted by molar-refractivity contribution is 6.33. The molecule has 3 aromatic carbocycles. The van der Waals surface area contributed by atoms with Gasteiger partial charge in [0, 0.05) is 79.1 Å². The fraction of sp³-hybridized carbons (Fsp3) is 0.457. The van der Waals surface area contributed by atoms with E-state index in [0.29, 0.717) is 77.4 Å². The molecule has 1 unspecified atom stereocenters. The van der Waals surface area contributed by atoms with Gasteiger partial charge in [0.1, 0.15) is 17.9 Å². The summed E-state index contributed by atoms with van der Waals surface area (Å²) in [5.74, 6) is -0.955. The molecule has 1 spiro atoms. The van der Waals surface area contributed by atoms with Crippen LogP contribution in [0.5, 0.6) is 5.75 Å². The van der Waals surface area contributed by atoms with E-state index in [4.69, 9.17) is 22.9 Å². The quantitative estimate of drug-likeness (QED) is 0.226. The predicted molar refractivity (Wildman–Crippen MR) is 218 cm³/mol. The van der Waals surface area contributed by atoms with Gasteiger partial charge in [-0.1, -0.05) is 45.4 Å². The highest BCUT2D eigenvalue weighted by atomic mass is 35.5. The van der Waals surface area contributed by atoms with Crippen LogP contribution in [0.25, 0.3) is 4.85 Å². The summed E-state index contributed by atoms with van der Waals surface area (Å²) in [6.07, 6.45) is 2.06. The highest BCUT2D eigenvalue weighted by Gasteiger charge is 2.67. The fourth-order valence-corrected chi connectivity index (χ4v) is 12.5. The summed E-state index contributed by atoms with van der Waals surface area (Å²) in [4.78, 5) is 89.0. The Morgan fingerprint density at radius 1 is 0.850 bits per heavy atom. The Labute approximate surface area is 352 Å². The summed E-state index contributed by atoms with van der Waals surface area (Å²) >= 11 is 6.30. The van der Waals surface area contributed by atoms with Crippen molar-refractivity contribution in [1.29, 1.82) is 0 Å². The number of hydrogen-bond donors (Lipinski definition) is 1. The molecule has 3 aromatic rings. The van der Waals surface area contributed by atoms with Crippen LogP contribution in [0.3, 0.4) is 0 Å². The van der Waals surface area contributed by atoms with E-state index in [9.17, 15) is 28.8 Å². The van der Waals surface area contributed by atoms with Gasteiger partial charge < -0.3 is 14.5 Å². The van der Waals surface area contributed by atoms with Gasteiger partial charge in [-0.25, -0.2) is 4.85 Å². The second-order valence-electron chi connectivity index (χ2n) is 19.3. The molecule has 2 aliphatic carbocycles. The topological polar surface area (TPSA) is 141 Å². The van der Waals surface area contributed by atoms with Gasteiger partial charge >= 0.3 is 0 Å². The van der Waals surface area contributed by atoms with Crippen molar-refractivity contribution in [2.75, 3.05) is 19.6 Å². The maximum atomic E-state index is 13.9. The van der Waals surface area contributed by atoms with Crippen molar-refractivity contribution in [2.24, 2.45) is 22.2 Å². The first-order valence-corrected chi connectivity index (χ1v) is 21.0. The molecular weight excluding hydrogens is 784 g/mol. The van der Waals surface area contributed by atoms with Crippen molar-refractivity contribution in [2.45, 2.75) is 91.2 Å². The molecule has 14 heteroatoms. The number of halogens is 1. The van der Waals surface area contributed by atoms with Crippen LogP contribution in [-0.2, 0) is 29.2 Å². The van der Waals surface area contributed by atoms with Gasteiger partial charge in [-0.2, -0.15) is 0 Å². The number of fused-ring (bicyclic) bond motifs is 3. The Kier molecular flexibility index (Phi) is 8.50. The third-order valence-corrected chi connectivity index (χ3v) is 14.7. The molecule has 2 saturated carbocycles. The van der Waals surface area contributed by atoms with Crippen molar-refractivity contribution in [1.82, 2.24) is 24.9 Å². The monoisotopic (exact) mass is 828 g/mol. The van der Waals surface area contributed by atoms with Crippen LogP contribution in [0.4, 0.5) is 5.69 Å². The van der Waals surface area contributed by atoms with Crippen molar-refractivity contribution in [3.8, 4) is 5.75 Å². The smallest absolute Gasteiger partial charge is 0.262 e. The first-order chi connectivity index (χ1) is 28.5. The number of rotatable bonds is 7. The molecule has 7 aliphatic rings.